The van der Waals surface area contributed by atoms with E-state index < -0.39 is 6.09 Å². The van der Waals surface area contributed by atoms with Gasteiger partial charge in [0.15, 0.2) is 0 Å². The Bertz CT molecular complexity index is 227. The highest BCUT2D eigenvalue weighted by Crippen LogP contribution is 2.07. The summed E-state index contributed by atoms with van der Waals surface area (Å²) in [4.78, 5) is 15.3. The van der Waals surface area contributed by atoms with Gasteiger partial charge in [-0.1, -0.05) is 25.6 Å². The molecule has 0 aromatic rings. The molecule has 0 aromatic heterocycles. The van der Waals surface area contributed by atoms with Crippen molar-refractivity contribution < 1.29 is 9.63 Å². The van der Waals surface area contributed by atoms with Gasteiger partial charge in [-0.15, -0.1) is 11.8 Å². The molecule has 0 aliphatic carbocycles. The molecule has 0 spiro atoms. The molecule has 1 N–H and O–H groups in total. The van der Waals surface area contributed by atoms with Crippen molar-refractivity contribution in [1.82, 2.24) is 5.32 Å². The number of oxime groups is 1. The summed E-state index contributed by atoms with van der Waals surface area (Å²) in [6.07, 6.45) is -0.549. The highest BCUT2D eigenvalue weighted by atomic mass is 32.2. The van der Waals surface area contributed by atoms with Crippen molar-refractivity contribution >= 4 is 23.6 Å². The van der Waals surface area contributed by atoms with Crippen LogP contribution in [0.15, 0.2) is 17.1 Å². The molecule has 0 unspecified atom stereocenters. The molecule has 1 amide bonds. The highest BCUT2D eigenvalue weighted by Gasteiger charge is 2.06. The Labute approximate surface area is 88.8 Å². The maximum Gasteiger partial charge on any atom is 0.433 e. The molecule has 0 rings (SSSR count). The lowest BCUT2D eigenvalue weighted by molar-refractivity contribution is 0.152. The molecule has 0 atom stereocenters. The number of nitrogens with zero attached hydrogens (tertiary/aromatic N) is 1. The Morgan fingerprint density at radius 3 is 2.79 bits per heavy atom. The van der Waals surface area contributed by atoms with E-state index in [1.165, 1.54) is 18.8 Å². The summed E-state index contributed by atoms with van der Waals surface area (Å²) in [5, 5.41) is 7.82. The molecule has 14 heavy (non-hydrogen) atoms. The van der Waals surface area contributed by atoms with Gasteiger partial charge >= 0.3 is 6.09 Å². The van der Waals surface area contributed by atoms with Crippen LogP contribution >= 0.6 is 11.8 Å². The van der Waals surface area contributed by atoms with Crippen molar-refractivity contribution in [2.24, 2.45) is 11.1 Å². The number of amides is 1. The summed E-state index contributed by atoms with van der Waals surface area (Å²) in [5.41, 5.74) is 0.832. The van der Waals surface area contributed by atoms with Gasteiger partial charge in [0, 0.05) is 12.8 Å². The van der Waals surface area contributed by atoms with Crippen molar-refractivity contribution in [3.8, 4) is 0 Å². The lowest BCUT2D eigenvalue weighted by atomic mass is 10.1. The third-order valence-electron chi connectivity index (χ3n) is 1.47. The molecular weight excluding hydrogens is 200 g/mol. The molecule has 0 saturated carbocycles. The zero-order valence-corrected chi connectivity index (χ0v) is 9.56. The third kappa shape index (κ3) is 5.64. The van der Waals surface area contributed by atoms with E-state index in [1.807, 2.05) is 13.8 Å². The summed E-state index contributed by atoms with van der Waals surface area (Å²) in [6.45, 7) is 7.58. The summed E-state index contributed by atoms with van der Waals surface area (Å²) in [5.74, 6) is 0.949. The first-order chi connectivity index (χ1) is 6.61. The van der Waals surface area contributed by atoms with E-state index in [9.17, 15) is 4.79 Å². The highest BCUT2D eigenvalue weighted by molar-refractivity contribution is 8.02. The minimum Gasteiger partial charge on any atom is -0.323 e. The summed E-state index contributed by atoms with van der Waals surface area (Å²) in [6, 6.07) is 0. The van der Waals surface area contributed by atoms with Crippen molar-refractivity contribution in [2.45, 2.75) is 13.8 Å². The first-order valence-corrected chi connectivity index (χ1v) is 5.34. The number of hydrogen-bond donors (Lipinski definition) is 1. The van der Waals surface area contributed by atoms with E-state index in [2.05, 4.69) is 21.9 Å². The third-order valence-corrected chi connectivity index (χ3v) is 2.16. The van der Waals surface area contributed by atoms with Crippen molar-refractivity contribution in [3.05, 3.63) is 12.0 Å². The second-order valence-corrected chi connectivity index (χ2v) is 3.80. The van der Waals surface area contributed by atoms with E-state index in [1.54, 1.807) is 5.41 Å². The second-order valence-electron chi connectivity index (χ2n) is 2.84. The summed E-state index contributed by atoms with van der Waals surface area (Å²) >= 11 is 1.53. The molecule has 0 aliphatic heterocycles. The Kier molecular flexibility index (Phi) is 6.92. The minimum atomic E-state index is -0.549. The van der Waals surface area contributed by atoms with E-state index in [0.29, 0.717) is 5.75 Å². The topological polar surface area (TPSA) is 50.7 Å². The van der Waals surface area contributed by atoms with E-state index >= 15 is 0 Å². The van der Waals surface area contributed by atoms with Gasteiger partial charge in [-0.05, 0) is 11.3 Å². The molecular formula is C9H16N2O2S. The molecule has 80 valence electrons. The molecule has 0 aromatic carbocycles. The number of carbonyl (C=O) groups excluding carboxylic acids is 1. The molecule has 0 fully saturated rings. The Balaban J connectivity index is 4.17. The van der Waals surface area contributed by atoms with Gasteiger partial charge in [0.1, 0.15) is 0 Å². The van der Waals surface area contributed by atoms with E-state index in [-0.39, 0.29) is 5.92 Å². The Hall–Kier alpha value is -0.970. The lowest BCUT2D eigenvalue weighted by Gasteiger charge is -2.07. The predicted octanol–water partition coefficient (Wildman–Crippen LogP) is 2.23. The van der Waals surface area contributed by atoms with Crippen LogP contribution in [0.2, 0.25) is 0 Å². The van der Waals surface area contributed by atoms with Crippen LogP contribution in [-0.4, -0.2) is 24.6 Å². The lowest BCUT2D eigenvalue weighted by Crippen LogP contribution is -2.19. The second kappa shape index (κ2) is 7.44. The van der Waals surface area contributed by atoms with E-state index in [4.69, 9.17) is 0 Å². The number of hydrogen-bond acceptors (Lipinski definition) is 4. The van der Waals surface area contributed by atoms with Gasteiger partial charge in [-0.25, -0.2) is 4.79 Å². The summed E-state index contributed by atoms with van der Waals surface area (Å²) in [7, 11) is 1.49. The zero-order chi connectivity index (χ0) is 11.0. The molecule has 0 bridgehead atoms. The zero-order valence-electron chi connectivity index (χ0n) is 8.74. The van der Waals surface area contributed by atoms with Crippen LogP contribution < -0.4 is 5.32 Å². The first-order valence-electron chi connectivity index (χ1n) is 4.29. The van der Waals surface area contributed by atoms with E-state index in [0.717, 1.165) is 5.71 Å². The van der Waals surface area contributed by atoms with Crippen molar-refractivity contribution in [3.63, 3.8) is 0 Å². The molecule has 0 saturated heterocycles. The normalized spacial score (nSPS) is 11.3. The van der Waals surface area contributed by atoms with Crippen molar-refractivity contribution in [1.29, 1.82) is 0 Å². The average molecular weight is 216 g/mol. The largest absolute Gasteiger partial charge is 0.433 e. The quantitative estimate of drug-likeness (QED) is 0.435. The predicted molar refractivity (Wildman–Crippen MR) is 60.5 cm³/mol. The van der Waals surface area contributed by atoms with Gasteiger partial charge in [-0.2, -0.15) is 0 Å². The van der Waals surface area contributed by atoms with Gasteiger partial charge in [-0.3, -0.25) is 4.84 Å². The smallest absolute Gasteiger partial charge is 0.323 e. The first kappa shape index (κ1) is 13.0. The summed E-state index contributed by atoms with van der Waals surface area (Å²) < 4.78 is 0. The maximum absolute atomic E-state index is 10.7. The fourth-order valence-electron chi connectivity index (χ4n) is 0.588. The van der Waals surface area contributed by atoms with Gasteiger partial charge < -0.3 is 5.32 Å². The molecule has 0 aliphatic rings. The Morgan fingerprint density at radius 1 is 1.71 bits per heavy atom. The van der Waals surface area contributed by atoms with Crippen LogP contribution in [0.4, 0.5) is 4.79 Å². The van der Waals surface area contributed by atoms with Crippen LogP contribution in [0, 0.1) is 5.92 Å². The molecule has 5 heteroatoms. The maximum atomic E-state index is 10.7. The fraction of sp³-hybridized carbons (Fsp3) is 0.556. The molecule has 4 nitrogen and oxygen atoms in total. The average Bonchev–Trinajstić information content (AvgIpc) is 2.16. The standard InChI is InChI=1S/C9H16N2O2S/c1-5-14-6-8(7(2)3)11-13-9(12)10-4/h5,7H,1,6H2,2-4H3,(H,10,12). The number of carbonyl (C=O) groups is 1. The van der Waals surface area contributed by atoms with Gasteiger partial charge in [0.25, 0.3) is 0 Å². The molecule has 0 heterocycles. The minimum absolute atomic E-state index is 0.257. The Morgan fingerprint density at radius 2 is 2.36 bits per heavy atom. The fourth-order valence-corrected chi connectivity index (χ4v) is 1.26. The van der Waals surface area contributed by atoms with Gasteiger partial charge in [0.2, 0.25) is 0 Å². The van der Waals surface area contributed by atoms with Crippen LogP contribution in [-0.2, 0) is 4.84 Å². The van der Waals surface area contributed by atoms with Crippen LogP contribution in [0.3, 0.4) is 0 Å². The number of nitrogens with one attached hydrogen (secondary N) is 1. The van der Waals surface area contributed by atoms with Crippen molar-refractivity contribution in [2.75, 3.05) is 12.8 Å². The molecule has 0 radical (unpaired) electrons. The number of thioether (sulfide) groups is 1. The monoisotopic (exact) mass is 216 g/mol. The number of rotatable bonds is 5. The van der Waals surface area contributed by atoms with Crippen LogP contribution in [0.25, 0.3) is 0 Å². The van der Waals surface area contributed by atoms with Crippen LogP contribution in [0.5, 0.6) is 0 Å². The SMILES string of the molecule is C=CSCC(=NOC(=O)NC)C(C)C. The van der Waals surface area contributed by atoms with Gasteiger partial charge in [0.05, 0.1) is 5.71 Å². The van der Waals surface area contributed by atoms with Crippen LogP contribution in [0.1, 0.15) is 13.8 Å².